The second-order valence-electron chi connectivity index (χ2n) is 8.56. The number of aliphatic hydroxyl groups is 1. The quantitative estimate of drug-likeness (QED) is 0.246. The van der Waals surface area contributed by atoms with Crippen molar-refractivity contribution >= 4 is 5.69 Å². The Hall–Kier alpha value is -3.68. The van der Waals surface area contributed by atoms with Crippen molar-refractivity contribution < 1.29 is 58.5 Å². The van der Waals surface area contributed by atoms with Crippen LogP contribution in [-0.2, 0) is 0 Å². The van der Waals surface area contributed by atoms with Gasteiger partial charge in [0, 0.05) is 5.56 Å². The maximum absolute atomic E-state index is 13.6. The maximum Gasteiger partial charge on any atom is 0.461 e. The molecule has 1 unspecified atom stereocenters. The lowest BCUT2D eigenvalue weighted by Crippen LogP contribution is -2.48. The average molecular weight is 585 g/mol. The number of fused-ring (bicyclic) bond motifs is 1. The Labute approximate surface area is 221 Å². The van der Waals surface area contributed by atoms with E-state index in [1.54, 1.807) is 13.0 Å². The lowest BCUT2D eigenvalue weighted by atomic mass is 10.0. The van der Waals surface area contributed by atoms with Crippen LogP contribution in [0.2, 0.25) is 0 Å². The molecule has 0 saturated carbocycles. The number of alkyl halides is 7. The summed E-state index contributed by atoms with van der Waals surface area (Å²) in [5, 5.41) is 9.42. The molecule has 2 atom stereocenters. The van der Waals surface area contributed by atoms with Crippen LogP contribution in [0, 0.1) is 17.5 Å². The SMILES string of the molecule is CC1COc2c(-c3cc(F)c(F)c(F)c3)cccc2N1C[C@H](O)C(F)(F)F.FC(F)C(F)(F)Oc1ccccc1. The highest BCUT2D eigenvalue weighted by molar-refractivity contribution is 5.79. The largest absolute Gasteiger partial charge is 0.489 e. The first-order chi connectivity index (χ1) is 18.6. The summed E-state index contributed by atoms with van der Waals surface area (Å²) in [6.07, 6.45) is -15.6. The molecule has 4 rings (SSSR count). The molecule has 0 radical (unpaired) electrons. The Kier molecular flexibility index (Phi) is 9.44. The standard InChI is InChI=1S/C18H15F6NO2.C8H6F4O/c1-9-8-27-17-11(10-5-12(19)16(21)13(20)6-10)3-2-4-14(17)25(9)7-15(26)18(22,23)24;9-7(10)8(11,12)13-6-4-2-1-3-5-6/h2-6,9,15,26H,7-8H2,1H3;1-5,7H/t9?,15-;/m0./s1. The molecule has 1 aliphatic rings. The van der Waals surface area contributed by atoms with Crippen molar-refractivity contribution in [1.82, 2.24) is 0 Å². The molecular weight excluding hydrogens is 564 g/mol. The third kappa shape index (κ3) is 7.29. The highest BCUT2D eigenvalue weighted by Crippen LogP contribution is 2.43. The van der Waals surface area contributed by atoms with Gasteiger partial charge in [-0.2, -0.15) is 30.7 Å². The fourth-order valence-electron chi connectivity index (χ4n) is 3.63. The first-order valence-corrected chi connectivity index (χ1v) is 11.4. The van der Waals surface area contributed by atoms with Crippen molar-refractivity contribution in [3.8, 4) is 22.6 Å². The van der Waals surface area contributed by atoms with Crippen LogP contribution in [0.1, 0.15) is 6.92 Å². The van der Waals surface area contributed by atoms with Gasteiger partial charge in [0.2, 0.25) is 0 Å². The van der Waals surface area contributed by atoms with E-state index in [1.165, 1.54) is 47.4 Å². The second-order valence-corrected chi connectivity index (χ2v) is 8.56. The van der Waals surface area contributed by atoms with E-state index in [0.29, 0.717) is 0 Å². The van der Waals surface area contributed by atoms with Crippen molar-refractivity contribution in [2.75, 3.05) is 18.1 Å². The zero-order chi connectivity index (χ0) is 29.8. The number of benzene rings is 3. The summed E-state index contributed by atoms with van der Waals surface area (Å²) in [7, 11) is 0. The summed E-state index contributed by atoms with van der Waals surface area (Å²) in [6, 6.07) is 12.2. The van der Waals surface area contributed by atoms with Gasteiger partial charge in [0.25, 0.3) is 0 Å². The minimum absolute atomic E-state index is 0.000743. The predicted molar refractivity (Wildman–Crippen MR) is 124 cm³/mol. The summed E-state index contributed by atoms with van der Waals surface area (Å²) >= 11 is 0. The van der Waals surface area contributed by atoms with Crippen molar-refractivity contribution in [2.24, 2.45) is 0 Å². The lowest BCUT2D eigenvalue weighted by molar-refractivity contribution is -0.253. The van der Waals surface area contributed by atoms with Crippen LogP contribution >= 0.6 is 0 Å². The Bertz CT molecular complexity index is 1260. The highest BCUT2D eigenvalue weighted by atomic mass is 19.4. The van der Waals surface area contributed by atoms with Crippen molar-refractivity contribution in [3.05, 3.63) is 78.1 Å². The van der Waals surface area contributed by atoms with Gasteiger partial charge in [-0.15, -0.1) is 0 Å². The van der Waals surface area contributed by atoms with Gasteiger partial charge >= 0.3 is 18.7 Å². The van der Waals surface area contributed by atoms with Gasteiger partial charge in [-0.1, -0.05) is 30.3 Å². The van der Waals surface area contributed by atoms with E-state index in [9.17, 15) is 49.0 Å². The van der Waals surface area contributed by atoms with Gasteiger partial charge in [-0.25, -0.2) is 13.2 Å². The molecule has 0 saturated heterocycles. The number of para-hydroxylation sites is 2. The molecule has 218 valence electrons. The summed E-state index contributed by atoms with van der Waals surface area (Å²) in [5.74, 6) is -4.58. The van der Waals surface area contributed by atoms with Crippen LogP contribution < -0.4 is 14.4 Å². The molecule has 0 amide bonds. The second kappa shape index (κ2) is 12.2. The Balaban J connectivity index is 0.000000285. The summed E-state index contributed by atoms with van der Waals surface area (Å²) in [5.41, 5.74) is 0.414. The maximum atomic E-state index is 13.6. The van der Waals surface area contributed by atoms with E-state index < -0.39 is 54.9 Å². The molecule has 0 aliphatic carbocycles. The van der Waals surface area contributed by atoms with Crippen LogP contribution in [-0.4, -0.2) is 49.1 Å². The fourth-order valence-corrected chi connectivity index (χ4v) is 3.63. The van der Waals surface area contributed by atoms with E-state index in [1.807, 2.05) is 0 Å². The van der Waals surface area contributed by atoms with Gasteiger partial charge in [0.15, 0.2) is 29.3 Å². The van der Waals surface area contributed by atoms with Gasteiger partial charge in [-0.05, 0) is 42.8 Å². The van der Waals surface area contributed by atoms with E-state index in [0.717, 1.165) is 12.1 Å². The molecule has 0 spiro atoms. The number of β-amino-alcohol motifs (C(OH)–C–C–N with tert-alkyl or cyclic N) is 1. The van der Waals surface area contributed by atoms with Crippen LogP contribution in [0.25, 0.3) is 11.1 Å². The minimum Gasteiger partial charge on any atom is -0.489 e. The minimum atomic E-state index is -4.79. The van der Waals surface area contributed by atoms with Crippen LogP contribution in [0.5, 0.6) is 11.5 Å². The molecule has 3 aromatic carbocycles. The number of hydrogen-bond acceptors (Lipinski definition) is 4. The Morgan fingerprint density at radius 3 is 2.10 bits per heavy atom. The van der Waals surface area contributed by atoms with E-state index in [-0.39, 0.29) is 34.9 Å². The average Bonchev–Trinajstić information content (AvgIpc) is 2.88. The van der Waals surface area contributed by atoms with Crippen molar-refractivity contribution in [2.45, 2.75) is 37.8 Å². The number of aliphatic hydroxyl groups excluding tert-OH is 1. The smallest absolute Gasteiger partial charge is 0.461 e. The Morgan fingerprint density at radius 1 is 0.950 bits per heavy atom. The van der Waals surface area contributed by atoms with Gasteiger partial charge in [0.05, 0.1) is 18.3 Å². The molecule has 0 aromatic heterocycles. The topological polar surface area (TPSA) is 41.9 Å². The van der Waals surface area contributed by atoms with Crippen LogP contribution in [0.15, 0.2) is 60.7 Å². The molecule has 4 nitrogen and oxygen atoms in total. The van der Waals surface area contributed by atoms with Gasteiger partial charge in [0.1, 0.15) is 12.4 Å². The molecule has 1 aliphatic heterocycles. The van der Waals surface area contributed by atoms with E-state index in [2.05, 4.69) is 4.74 Å². The lowest BCUT2D eigenvalue weighted by Gasteiger charge is -2.39. The molecule has 1 N–H and O–H groups in total. The molecule has 3 aromatic rings. The third-order valence-corrected chi connectivity index (χ3v) is 5.60. The molecule has 0 bridgehead atoms. The van der Waals surface area contributed by atoms with Gasteiger partial charge < -0.3 is 19.5 Å². The molecular formula is C26H21F10NO3. The molecule has 40 heavy (non-hydrogen) atoms. The normalized spacial score (nSPS) is 16.0. The molecule has 1 heterocycles. The van der Waals surface area contributed by atoms with Crippen molar-refractivity contribution in [3.63, 3.8) is 0 Å². The summed E-state index contributed by atoms with van der Waals surface area (Å²) < 4.78 is 136. The third-order valence-electron chi connectivity index (χ3n) is 5.60. The van der Waals surface area contributed by atoms with E-state index >= 15 is 0 Å². The fraction of sp³-hybridized carbons (Fsp3) is 0.308. The summed E-state index contributed by atoms with van der Waals surface area (Å²) in [4.78, 5) is 1.32. The highest BCUT2D eigenvalue weighted by Gasteiger charge is 2.44. The first-order valence-electron chi connectivity index (χ1n) is 11.4. The number of halogens is 10. The number of anilines is 1. The number of nitrogens with zero attached hydrogens (tertiary/aromatic N) is 1. The number of hydrogen-bond donors (Lipinski definition) is 1. The van der Waals surface area contributed by atoms with Crippen LogP contribution in [0.3, 0.4) is 0 Å². The monoisotopic (exact) mass is 585 g/mol. The Morgan fingerprint density at radius 2 is 1.55 bits per heavy atom. The predicted octanol–water partition coefficient (Wildman–Crippen LogP) is 7.20. The van der Waals surface area contributed by atoms with Crippen LogP contribution in [0.4, 0.5) is 49.6 Å². The zero-order valence-electron chi connectivity index (χ0n) is 20.4. The van der Waals surface area contributed by atoms with E-state index in [4.69, 9.17) is 4.74 Å². The van der Waals surface area contributed by atoms with Gasteiger partial charge in [-0.3, -0.25) is 0 Å². The first kappa shape index (κ1) is 30.9. The number of ether oxygens (including phenoxy) is 2. The molecule has 14 heteroatoms. The number of rotatable bonds is 6. The van der Waals surface area contributed by atoms with Crippen molar-refractivity contribution in [1.29, 1.82) is 0 Å². The summed E-state index contributed by atoms with van der Waals surface area (Å²) in [6.45, 7) is 0.896. The zero-order valence-corrected chi connectivity index (χ0v) is 20.4. The molecule has 0 fully saturated rings.